The maximum Gasteiger partial charge on any atom is 0.182 e. The second-order valence-corrected chi connectivity index (χ2v) is 3.56. The van der Waals surface area contributed by atoms with E-state index in [1.807, 2.05) is 0 Å². The van der Waals surface area contributed by atoms with Gasteiger partial charge in [0.1, 0.15) is 0 Å². The summed E-state index contributed by atoms with van der Waals surface area (Å²) in [6.07, 6.45) is 0. The van der Waals surface area contributed by atoms with Crippen LogP contribution in [0.1, 0.15) is 11.1 Å². The molecule has 0 radical (unpaired) electrons. The van der Waals surface area contributed by atoms with Crippen molar-refractivity contribution >= 4 is 5.70 Å². The minimum absolute atomic E-state index is 0.149. The molecule has 3 heteroatoms. The highest BCUT2D eigenvalue weighted by molar-refractivity contribution is 5.60. The van der Waals surface area contributed by atoms with Gasteiger partial charge in [-0.2, -0.15) is 0 Å². The van der Waals surface area contributed by atoms with Gasteiger partial charge in [-0.3, -0.25) is 0 Å². The van der Waals surface area contributed by atoms with Crippen LogP contribution in [0.25, 0.3) is 5.70 Å². The van der Waals surface area contributed by atoms with Crippen LogP contribution in [0.3, 0.4) is 0 Å². The summed E-state index contributed by atoms with van der Waals surface area (Å²) in [6, 6.07) is 7.01. The van der Waals surface area contributed by atoms with Gasteiger partial charge in [0.15, 0.2) is 5.67 Å². The normalized spacial score (nSPS) is 18.6. The van der Waals surface area contributed by atoms with Crippen LogP contribution in [0.5, 0.6) is 0 Å². The molecule has 0 spiro atoms. The summed E-state index contributed by atoms with van der Waals surface area (Å²) >= 11 is 0. The van der Waals surface area contributed by atoms with E-state index in [-0.39, 0.29) is 13.2 Å². The molecule has 0 atom stereocenters. The van der Waals surface area contributed by atoms with Crippen molar-refractivity contribution in [3.63, 3.8) is 0 Å². The fraction of sp³-hybridized carbons (Fsp3) is 0.273. The van der Waals surface area contributed by atoms with E-state index >= 15 is 0 Å². The summed E-state index contributed by atoms with van der Waals surface area (Å²) < 4.78 is 18.6. The predicted molar refractivity (Wildman–Crippen MR) is 53.3 cm³/mol. The zero-order valence-electron chi connectivity index (χ0n) is 7.79. The number of halogens is 1. The van der Waals surface area contributed by atoms with E-state index in [9.17, 15) is 4.39 Å². The van der Waals surface area contributed by atoms with Crippen LogP contribution < -0.4 is 5.73 Å². The number of rotatable bonds is 2. The van der Waals surface area contributed by atoms with Crippen LogP contribution in [-0.2, 0) is 10.4 Å². The molecule has 1 aromatic rings. The fourth-order valence-corrected chi connectivity index (χ4v) is 1.43. The minimum Gasteiger partial charge on any atom is -0.399 e. The Balaban J connectivity index is 2.25. The van der Waals surface area contributed by atoms with Crippen LogP contribution in [0, 0.1) is 0 Å². The Kier molecular flexibility index (Phi) is 2.04. The zero-order valence-corrected chi connectivity index (χ0v) is 7.79. The van der Waals surface area contributed by atoms with Crippen molar-refractivity contribution < 1.29 is 9.13 Å². The van der Waals surface area contributed by atoms with Crippen LogP contribution in [0.2, 0.25) is 0 Å². The molecule has 1 aliphatic rings. The average molecular weight is 193 g/mol. The summed E-state index contributed by atoms with van der Waals surface area (Å²) in [6.45, 7) is 3.91. The summed E-state index contributed by atoms with van der Waals surface area (Å²) in [4.78, 5) is 0. The molecule has 1 aromatic carbocycles. The Morgan fingerprint density at radius 3 is 2.29 bits per heavy atom. The van der Waals surface area contributed by atoms with Crippen LogP contribution in [0.15, 0.2) is 30.8 Å². The van der Waals surface area contributed by atoms with Gasteiger partial charge in [-0.25, -0.2) is 4.39 Å². The van der Waals surface area contributed by atoms with Crippen molar-refractivity contribution in [1.82, 2.24) is 0 Å². The van der Waals surface area contributed by atoms with Crippen LogP contribution in [-0.4, -0.2) is 13.2 Å². The van der Waals surface area contributed by atoms with Gasteiger partial charge < -0.3 is 10.5 Å². The summed E-state index contributed by atoms with van der Waals surface area (Å²) in [5.41, 5.74) is 6.18. The number of hydrogen-bond donors (Lipinski definition) is 1. The quantitative estimate of drug-likeness (QED) is 0.777. The van der Waals surface area contributed by atoms with E-state index in [4.69, 9.17) is 10.5 Å². The number of benzene rings is 1. The molecule has 2 N–H and O–H groups in total. The van der Waals surface area contributed by atoms with Crippen molar-refractivity contribution in [3.8, 4) is 0 Å². The molecule has 1 fully saturated rings. The Morgan fingerprint density at radius 1 is 1.36 bits per heavy atom. The smallest absolute Gasteiger partial charge is 0.182 e. The number of ether oxygens (including phenoxy) is 1. The van der Waals surface area contributed by atoms with Gasteiger partial charge in [0.2, 0.25) is 0 Å². The third-order valence-corrected chi connectivity index (χ3v) is 2.43. The minimum atomic E-state index is -1.30. The van der Waals surface area contributed by atoms with Gasteiger partial charge in [-0.1, -0.05) is 30.8 Å². The number of alkyl halides is 1. The lowest BCUT2D eigenvalue weighted by molar-refractivity contribution is -0.135. The van der Waals surface area contributed by atoms with Crippen molar-refractivity contribution in [2.75, 3.05) is 13.2 Å². The van der Waals surface area contributed by atoms with Gasteiger partial charge in [0.05, 0.1) is 13.2 Å². The lowest BCUT2D eigenvalue weighted by atomic mass is 9.93. The van der Waals surface area contributed by atoms with Gasteiger partial charge >= 0.3 is 0 Å². The Labute approximate surface area is 82.2 Å². The largest absolute Gasteiger partial charge is 0.399 e. The lowest BCUT2D eigenvalue weighted by Gasteiger charge is -2.34. The van der Waals surface area contributed by atoms with Gasteiger partial charge in [-0.15, -0.1) is 0 Å². The first-order chi connectivity index (χ1) is 6.62. The van der Waals surface area contributed by atoms with Gasteiger partial charge in [0, 0.05) is 5.70 Å². The molecule has 1 aliphatic heterocycles. The number of nitrogens with two attached hydrogens (primary N) is 1. The highest BCUT2D eigenvalue weighted by Crippen LogP contribution is 2.33. The molecule has 0 saturated carbocycles. The van der Waals surface area contributed by atoms with Crippen molar-refractivity contribution in [2.45, 2.75) is 5.67 Å². The third kappa shape index (κ3) is 1.40. The molecule has 0 aromatic heterocycles. The monoisotopic (exact) mass is 193 g/mol. The van der Waals surface area contributed by atoms with Crippen molar-refractivity contribution in [3.05, 3.63) is 42.0 Å². The molecule has 0 amide bonds. The molecule has 2 rings (SSSR count). The molecule has 1 saturated heterocycles. The zero-order chi connectivity index (χ0) is 10.2. The summed E-state index contributed by atoms with van der Waals surface area (Å²) in [7, 11) is 0. The molecule has 0 bridgehead atoms. The first-order valence-electron chi connectivity index (χ1n) is 4.44. The highest BCUT2D eigenvalue weighted by Gasteiger charge is 2.40. The highest BCUT2D eigenvalue weighted by atomic mass is 19.1. The Hall–Kier alpha value is -1.35. The first-order valence-corrected chi connectivity index (χ1v) is 4.44. The molecular weight excluding hydrogens is 181 g/mol. The second-order valence-electron chi connectivity index (χ2n) is 3.56. The summed E-state index contributed by atoms with van der Waals surface area (Å²) in [5.74, 6) is 0. The average Bonchev–Trinajstić information content (AvgIpc) is 2.14. The van der Waals surface area contributed by atoms with E-state index in [0.717, 1.165) is 5.56 Å². The van der Waals surface area contributed by atoms with Crippen LogP contribution >= 0.6 is 0 Å². The topological polar surface area (TPSA) is 35.2 Å². The Morgan fingerprint density at radius 2 is 1.93 bits per heavy atom. The predicted octanol–water partition coefficient (Wildman–Crippen LogP) is 1.81. The molecule has 2 nitrogen and oxygen atoms in total. The molecule has 0 unspecified atom stereocenters. The van der Waals surface area contributed by atoms with E-state index in [2.05, 4.69) is 6.58 Å². The first kappa shape index (κ1) is 9.21. The van der Waals surface area contributed by atoms with Crippen molar-refractivity contribution in [2.24, 2.45) is 5.73 Å². The van der Waals surface area contributed by atoms with E-state index in [1.165, 1.54) is 0 Å². The van der Waals surface area contributed by atoms with E-state index in [1.54, 1.807) is 24.3 Å². The van der Waals surface area contributed by atoms with Crippen molar-refractivity contribution in [1.29, 1.82) is 0 Å². The molecule has 1 heterocycles. The molecular formula is C11H12FNO. The van der Waals surface area contributed by atoms with E-state index in [0.29, 0.717) is 11.3 Å². The van der Waals surface area contributed by atoms with Gasteiger partial charge in [-0.05, 0) is 11.1 Å². The lowest BCUT2D eigenvalue weighted by Crippen LogP contribution is -2.42. The summed E-state index contributed by atoms with van der Waals surface area (Å²) in [5, 5.41) is 0. The third-order valence-electron chi connectivity index (χ3n) is 2.43. The standard InChI is InChI=1S/C11H12FNO/c1-8(13)9-2-4-10(5-3-9)11(12)6-14-7-11/h2-5H,1,6-7,13H2. The van der Waals surface area contributed by atoms with Crippen LogP contribution in [0.4, 0.5) is 4.39 Å². The van der Waals surface area contributed by atoms with E-state index < -0.39 is 5.67 Å². The maximum absolute atomic E-state index is 13.8. The fourth-order valence-electron chi connectivity index (χ4n) is 1.43. The molecule has 0 aliphatic carbocycles. The second kappa shape index (κ2) is 3.10. The molecule has 74 valence electrons. The SMILES string of the molecule is C=C(N)c1ccc(C2(F)COC2)cc1. The van der Waals surface area contributed by atoms with Gasteiger partial charge in [0.25, 0.3) is 0 Å². The number of hydrogen-bond acceptors (Lipinski definition) is 2. The Bertz CT molecular complexity index is 354. The molecule has 14 heavy (non-hydrogen) atoms. The maximum atomic E-state index is 13.8.